The van der Waals surface area contributed by atoms with Crippen LogP contribution in [0.25, 0.3) is 10.9 Å². The predicted octanol–water partition coefficient (Wildman–Crippen LogP) is 2.22. The maximum atomic E-state index is 13.5. The van der Waals surface area contributed by atoms with Gasteiger partial charge >= 0.3 is 0 Å². The first-order valence-electron chi connectivity index (χ1n) is 9.68. The molecule has 2 fully saturated rings. The van der Waals surface area contributed by atoms with Crippen molar-refractivity contribution in [1.82, 2.24) is 14.2 Å². The number of hydrogen-bond donors (Lipinski definition) is 1. The summed E-state index contributed by atoms with van der Waals surface area (Å²) in [5, 5.41) is 0.960. The zero-order valence-electron chi connectivity index (χ0n) is 16.0. The van der Waals surface area contributed by atoms with E-state index in [-0.39, 0.29) is 23.9 Å². The molecular formula is C21H20FN3O4S. The van der Waals surface area contributed by atoms with Gasteiger partial charge in [-0.25, -0.2) is 12.8 Å². The quantitative estimate of drug-likeness (QED) is 0.692. The number of rotatable bonds is 3. The van der Waals surface area contributed by atoms with Crippen LogP contribution in [0.15, 0.2) is 59.5 Å². The molecule has 1 amide bonds. The van der Waals surface area contributed by atoms with Crippen LogP contribution in [0.4, 0.5) is 4.39 Å². The Morgan fingerprint density at radius 3 is 2.43 bits per heavy atom. The van der Waals surface area contributed by atoms with Gasteiger partial charge in [-0.2, -0.15) is 4.31 Å². The van der Waals surface area contributed by atoms with Gasteiger partial charge in [-0.05, 0) is 30.3 Å². The predicted molar refractivity (Wildman–Crippen MR) is 108 cm³/mol. The molecule has 2 aliphatic heterocycles. The molecule has 1 N–H and O–H groups in total. The van der Waals surface area contributed by atoms with Gasteiger partial charge < -0.3 is 14.6 Å². The molecule has 0 spiro atoms. The first kappa shape index (κ1) is 19.2. The number of benzene rings is 2. The van der Waals surface area contributed by atoms with E-state index in [0.717, 1.165) is 17.0 Å². The van der Waals surface area contributed by atoms with Crippen LogP contribution in [0.2, 0.25) is 0 Å². The molecule has 2 saturated heterocycles. The molecule has 7 nitrogen and oxygen atoms in total. The smallest absolute Gasteiger partial charge is 0.270 e. The van der Waals surface area contributed by atoms with Crippen molar-refractivity contribution in [3.63, 3.8) is 0 Å². The molecule has 2 bridgehead atoms. The average molecular weight is 429 g/mol. The number of aromatic nitrogens is 1. The third kappa shape index (κ3) is 3.38. The molecule has 1 aromatic heterocycles. The van der Waals surface area contributed by atoms with Crippen molar-refractivity contribution in [3.05, 3.63) is 66.1 Å². The van der Waals surface area contributed by atoms with Crippen LogP contribution in [-0.4, -0.2) is 66.9 Å². The number of carbonyl (C=O) groups excluding carboxylic acids is 1. The number of hydrogen-bond acceptors (Lipinski definition) is 4. The Labute approximate surface area is 173 Å². The van der Waals surface area contributed by atoms with E-state index in [1.807, 2.05) is 30.3 Å². The van der Waals surface area contributed by atoms with Gasteiger partial charge in [0.15, 0.2) is 0 Å². The lowest BCUT2D eigenvalue weighted by molar-refractivity contribution is -0.113. The third-order valence-electron chi connectivity index (χ3n) is 5.53. The molecule has 5 rings (SSSR count). The SMILES string of the molecule is O=C(c1cc2ccccc2[nH]1)N1CC2CN(S(=O)(=O)c3cccc(F)c3)CC(C1)O2. The summed E-state index contributed by atoms with van der Waals surface area (Å²) < 4.78 is 46.6. The standard InChI is InChI=1S/C21H20FN3O4S/c22-15-5-3-6-18(9-15)30(27,28)25-12-16-10-24(11-17(13-25)29-16)21(26)20-8-14-4-1-2-7-19(14)23-20/h1-9,16-17,23H,10-13H2. The van der Waals surface area contributed by atoms with Crippen molar-refractivity contribution < 1.29 is 22.3 Å². The molecule has 2 unspecified atom stereocenters. The van der Waals surface area contributed by atoms with Gasteiger partial charge in [0.1, 0.15) is 11.5 Å². The Hall–Kier alpha value is -2.75. The van der Waals surface area contributed by atoms with Crippen LogP contribution < -0.4 is 0 Å². The number of nitrogens with zero attached hydrogens (tertiary/aromatic N) is 2. The molecule has 0 aliphatic carbocycles. The highest BCUT2D eigenvalue weighted by atomic mass is 32.2. The Morgan fingerprint density at radius 2 is 1.73 bits per heavy atom. The van der Waals surface area contributed by atoms with E-state index in [0.29, 0.717) is 18.8 Å². The van der Waals surface area contributed by atoms with Crippen LogP contribution in [0, 0.1) is 5.82 Å². The van der Waals surface area contributed by atoms with Gasteiger partial charge in [0, 0.05) is 37.1 Å². The van der Waals surface area contributed by atoms with Crippen LogP contribution in [-0.2, 0) is 14.8 Å². The second kappa shape index (κ2) is 7.19. The first-order chi connectivity index (χ1) is 14.4. The number of sulfonamides is 1. The van der Waals surface area contributed by atoms with Crippen molar-refractivity contribution in [1.29, 1.82) is 0 Å². The number of halogens is 1. The Kier molecular flexibility index (Phi) is 4.61. The molecule has 3 aromatic rings. The summed E-state index contributed by atoms with van der Waals surface area (Å²) in [5.74, 6) is -0.731. The number of para-hydroxylation sites is 1. The lowest BCUT2D eigenvalue weighted by atomic mass is 10.1. The number of carbonyl (C=O) groups is 1. The fourth-order valence-corrected chi connectivity index (χ4v) is 5.69. The van der Waals surface area contributed by atoms with E-state index < -0.39 is 28.0 Å². The molecule has 156 valence electrons. The van der Waals surface area contributed by atoms with Crippen LogP contribution in [0.1, 0.15) is 10.5 Å². The van der Waals surface area contributed by atoms with Crippen molar-refractivity contribution >= 4 is 26.8 Å². The fourth-order valence-electron chi connectivity index (χ4n) is 4.15. The summed E-state index contributed by atoms with van der Waals surface area (Å²) in [6.07, 6.45) is -0.872. The normalized spacial score (nSPS) is 22.4. The van der Waals surface area contributed by atoms with Gasteiger partial charge in [0.2, 0.25) is 10.0 Å². The second-order valence-electron chi connectivity index (χ2n) is 7.64. The van der Waals surface area contributed by atoms with Crippen LogP contribution in [0.3, 0.4) is 0 Å². The molecule has 0 radical (unpaired) electrons. The summed E-state index contributed by atoms with van der Waals surface area (Å²) in [6.45, 7) is 0.817. The molecule has 9 heteroatoms. The van der Waals surface area contributed by atoms with Crippen molar-refractivity contribution in [2.75, 3.05) is 26.2 Å². The van der Waals surface area contributed by atoms with Crippen molar-refractivity contribution in [2.45, 2.75) is 17.1 Å². The highest BCUT2D eigenvalue weighted by Gasteiger charge is 2.41. The highest BCUT2D eigenvalue weighted by Crippen LogP contribution is 2.26. The number of morpholine rings is 2. The molecule has 0 saturated carbocycles. The molecule has 30 heavy (non-hydrogen) atoms. The van der Waals surface area contributed by atoms with E-state index in [1.165, 1.54) is 22.5 Å². The Morgan fingerprint density at radius 1 is 1.00 bits per heavy atom. The zero-order chi connectivity index (χ0) is 20.9. The summed E-state index contributed by atoms with van der Waals surface area (Å²) in [4.78, 5) is 17.8. The Balaban J connectivity index is 1.33. The second-order valence-corrected chi connectivity index (χ2v) is 9.58. The summed E-state index contributed by atoms with van der Waals surface area (Å²) in [7, 11) is -3.83. The maximum Gasteiger partial charge on any atom is 0.270 e. The minimum Gasteiger partial charge on any atom is -0.369 e. The summed E-state index contributed by atoms with van der Waals surface area (Å²) >= 11 is 0. The van der Waals surface area contributed by atoms with E-state index >= 15 is 0 Å². The number of ether oxygens (including phenoxy) is 1. The lowest BCUT2D eigenvalue weighted by Gasteiger charge is -2.45. The van der Waals surface area contributed by atoms with Crippen LogP contribution in [0.5, 0.6) is 0 Å². The third-order valence-corrected chi connectivity index (χ3v) is 7.36. The van der Waals surface area contributed by atoms with Gasteiger partial charge in [0.25, 0.3) is 5.91 Å². The number of H-pyrrole nitrogens is 1. The number of fused-ring (bicyclic) bond motifs is 3. The summed E-state index contributed by atoms with van der Waals surface area (Å²) in [5.41, 5.74) is 1.39. The topological polar surface area (TPSA) is 82.7 Å². The minimum atomic E-state index is -3.83. The largest absolute Gasteiger partial charge is 0.369 e. The maximum absolute atomic E-state index is 13.5. The van der Waals surface area contributed by atoms with E-state index in [4.69, 9.17) is 4.74 Å². The van der Waals surface area contributed by atoms with Crippen molar-refractivity contribution in [2.24, 2.45) is 0 Å². The number of nitrogens with one attached hydrogen (secondary N) is 1. The van der Waals surface area contributed by atoms with Crippen LogP contribution >= 0.6 is 0 Å². The lowest BCUT2D eigenvalue weighted by Crippen LogP contribution is -2.61. The molecule has 2 aliphatic rings. The number of aromatic amines is 1. The molecule has 2 aromatic carbocycles. The van der Waals surface area contributed by atoms with E-state index in [9.17, 15) is 17.6 Å². The van der Waals surface area contributed by atoms with Gasteiger partial charge in [-0.15, -0.1) is 0 Å². The average Bonchev–Trinajstić information content (AvgIpc) is 3.16. The van der Waals surface area contributed by atoms with E-state index in [1.54, 1.807) is 4.90 Å². The first-order valence-corrected chi connectivity index (χ1v) is 11.1. The van der Waals surface area contributed by atoms with E-state index in [2.05, 4.69) is 4.98 Å². The molecule has 2 atom stereocenters. The minimum absolute atomic E-state index is 0.0755. The summed E-state index contributed by atoms with van der Waals surface area (Å²) in [6, 6.07) is 14.5. The molecule has 3 heterocycles. The monoisotopic (exact) mass is 429 g/mol. The van der Waals surface area contributed by atoms with Gasteiger partial charge in [-0.3, -0.25) is 4.79 Å². The number of amides is 1. The Bertz CT molecular complexity index is 1180. The van der Waals surface area contributed by atoms with Crippen molar-refractivity contribution in [3.8, 4) is 0 Å². The highest BCUT2D eigenvalue weighted by molar-refractivity contribution is 7.89. The fraction of sp³-hybridized carbons (Fsp3) is 0.286. The molecular weight excluding hydrogens is 409 g/mol. The zero-order valence-corrected chi connectivity index (χ0v) is 16.8. The van der Waals surface area contributed by atoms with Gasteiger partial charge in [-0.1, -0.05) is 24.3 Å². The van der Waals surface area contributed by atoms with Gasteiger partial charge in [0.05, 0.1) is 17.1 Å².